The highest BCUT2D eigenvalue weighted by Crippen LogP contribution is 2.19. The first-order valence-corrected chi connectivity index (χ1v) is 5.54. The second-order valence-corrected chi connectivity index (χ2v) is 3.94. The molecule has 0 bridgehead atoms. The van der Waals surface area contributed by atoms with Crippen molar-refractivity contribution in [2.24, 2.45) is 5.92 Å². The molecule has 0 amide bonds. The number of hydrogen-bond donors (Lipinski definition) is 1. The largest absolute Gasteiger partial charge is 0.378 e. The molecule has 0 spiro atoms. The second-order valence-electron chi connectivity index (χ2n) is 3.94. The quantitative estimate of drug-likeness (QED) is 0.658. The average Bonchev–Trinajstić information content (AvgIpc) is 2.58. The first-order chi connectivity index (χ1) is 6.84. The molecule has 80 valence electrons. The molecular weight excluding hydrogens is 176 g/mol. The highest BCUT2D eigenvalue weighted by atomic mass is 16.5. The summed E-state index contributed by atoms with van der Waals surface area (Å²) in [7, 11) is 0. The van der Waals surface area contributed by atoms with Crippen molar-refractivity contribution in [3.05, 3.63) is 0 Å². The molecule has 3 heteroatoms. The SMILES string of the molecule is CC1OCCC1CNCCCCC#N. The Morgan fingerprint density at radius 3 is 3.00 bits per heavy atom. The molecule has 1 heterocycles. The Kier molecular flexibility index (Phi) is 5.58. The summed E-state index contributed by atoms with van der Waals surface area (Å²) in [5.41, 5.74) is 0. The van der Waals surface area contributed by atoms with Gasteiger partial charge in [-0.05, 0) is 38.6 Å². The van der Waals surface area contributed by atoms with E-state index in [0.29, 0.717) is 18.4 Å². The molecule has 1 fully saturated rings. The van der Waals surface area contributed by atoms with Crippen molar-refractivity contribution in [2.45, 2.75) is 38.7 Å². The smallest absolute Gasteiger partial charge is 0.0621 e. The van der Waals surface area contributed by atoms with Gasteiger partial charge in [0.05, 0.1) is 12.2 Å². The van der Waals surface area contributed by atoms with Crippen LogP contribution in [-0.2, 0) is 4.74 Å². The minimum atomic E-state index is 0.418. The van der Waals surface area contributed by atoms with Crippen LogP contribution < -0.4 is 5.32 Å². The molecule has 0 aliphatic carbocycles. The standard InChI is InChI=1S/C11H20N2O/c1-10-11(5-8-14-10)9-13-7-4-2-3-6-12/h10-11,13H,2-5,7-9H2,1H3. The fourth-order valence-electron chi connectivity index (χ4n) is 1.79. The first kappa shape index (κ1) is 11.5. The van der Waals surface area contributed by atoms with Crippen LogP contribution in [0.3, 0.4) is 0 Å². The third-order valence-electron chi connectivity index (χ3n) is 2.83. The van der Waals surface area contributed by atoms with E-state index in [0.717, 1.165) is 32.5 Å². The molecule has 0 saturated carbocycles. The molecule has 1 aliphatic rings. The van der Waals surface area contributed by atoms with Crippen LogP contribution in [0.1, 0.15) is 32.6 Å². The highest BCUT2D eigenvalue weighted by molar-refractivity contribution is 4.74. The van der Waals surface area contributed by atoms with E-state index in [4.69, 9.17) is 10.00 Å². The molecule has 0 aromatic heterocycles. The fourth-order valence-corrected chi connectivity index (χ4v) is 1.79. The number of rotatable bonds is 6. The van der Waals surface area contributed by atoms with Gasteiger partial charge in [0.15, 0.2) is 0 Å². The molecular formula is C11H20N2O. The van der Waals surface area contributed by atoms with Crippen molar-refractivity contribution in [2.75, 3.05) is 19.7 Å². The molecule has 14 heavy (non-hydrogen) atoms. The van der Waals surface area contributed by atoms with E-state index in [2.05, 4.69) is 18.3 Å². The van der Waals surface area contributed by atoms with Crippen LogP contribution in [0, 0.1) is 17.2 Å². The molecule has 1 rings (SSSR count). The molecule has 2 atom stereocenters. The van der Waals surface area contributed by atoms with Gasteiger partial charge in [-0.15, -0.1) is 0 Å². The third-order valence-corrected chi connectivity index (χ3v) is 2.83. The normalized spacial score (nSPS) is 26.3. The second kappa shape index (κ2) is 6.80. The van der Waals surface area contributed by atoms with Gasteiger partial charge in [0.1, 0.15) is 0 Å². The Labute approximate surface area is 86.4 Å². The van der Waals surface area contributed by atoms with Gasteiger partial charge >= 0.3 is 0 Å². The number of nitrogens with zero attached hydrogens (tertiary/aromatic N) is 1. The topological polar surface area (TPSA) is 45.0 Å². The Morgan fingerprint density at radius 2 is 2.36 bits per heavy atom. The van der Waals surface area contributed by atoms with Crippen LogP contribution in [0.4, 0.5) is 0 Å². The lowest BCUT2D eigenvalue weighted by Crippen LogP contribution is -2.27. The zero-order chi connectivity index (χ0) is 10.2. The Bertz CT molecular complexity index is 188. The van der Waals surface area contributed by atoms with Crippen molar-refractivity contribution >= 4 is 0 Å². The summed E-state index contributed by atoms with van der Waals surface area (Å²) in [6.07, 6.45) is 4.41. The van der Waals surface area contributed by atoms with Gasteiger partial charge in [0, 0.05) is 19.6 Å². The summed E-state index contributed by atoms with van der Waals surface area (Å²) in [5.74, 6) is 0.686. The van der Waals surface area contributed by atoms with Crippen LogP contribution in [0.15, 0.2) is 0 Å². The van der Waals surface area contributed by atoms with Gasteiger partial charge in [-0.3, -0.25) is 0 Å². The van der Waals surface area contributed by atoms with E-state index in [9.17, 15) is 0 Å². The third kappa shape index (κ3) is 4.08. The van der Waals surface area contributed by atoms with E-state index < -0.39 is 0 Å². The summed E-state index contributed by atoms with van der Waals surface area (Å²) in [5, 5.41) is 11.8. The minimum absolute atomic E-state index is 0.418. The van der Waals surface area contributed by atoms with Crippen LogP contribution >= 0.6 is 0 Å². The summed E-state index contributed by atoms with van der Waals surface area (Å²) in [4.78, 5) is 0. The Hall–Kier alpha value is -0.590. The van der Waals surface area contributed by atoms with Crippen molar-refractivity contribution < 1.29 is 4.74 Å². The summed E-state index contributed by atoms with van der Waals surface area (Å²) < 4.78 is 5.48. The molecule has 1 aliphatic heterocycles. The zero-order valence-corrected chi connectivity index (χ0v) is 8.96. The monoisotopic (exact) mass is 196 g/mol. The summed E-state index contributed by atoms with van der Waals surface area (Å²) >= 11 is 0. The van der Waals surface area contributed by atoms with E-state index in [1.54, 1.807) is 0 Å². The molecule has 3 nitrogen and oxygen atoms in total. The van der Waals surface area contributed by atoms with Gasteiger partial charge in [0.25, 0.3) is 0 Å². The van der Waals surface area contributed by atoms with E-state index in [1.165, 1.54) is 6.42 Å². The van der Waals surface area contributed by atoms with Crippen LogP contribution in [0.25, 0.3) is 0 Å². The van der Waals surface area contributed by atoms with Crippen molar-refractivity contribution in [3.8, 4) is 6.07 Å². The summed E-state index contributed by atoms with van der Waals surface area (Å²) in [6, 6.07) is 2.16. The fraction of sp³-hybridized carbons (Fsp3) is 0.909. The highest BCUT2D eigenvalue weighted by Gasteiger charge is 2.23. The molecule has 0 radical (unpaired) electrons. The van der Waals surface area contributed by atoms with Gasteiger partial charge in [-0.2, -0.15) is 5.26 Å². The number of nitrogens with one attached hydrogen (secondary N) is 1. The average molecular weight is 196 g/mol. The number of ether oxygens (including phenoxy) is 1. The number of nitriles is 1. The number of unbranched alkanes of at least 4 members (excludes halogenated alkanes) is 2. The lowest BCUT2D eigenvalue weighted by Gasteiger charge is -2.14. The first-order valence-electron chi connectivity index (χ1n) is 5.54. The summed E-state index contributed by atoms with van der Waals surface area (Å²) in [6.45, 7) is 5.16. The lowest BCUT2D eigenvalue weighted by molar-refractivity contribution is 0.105. The predicted octanol–water partition coefficient (Wildman–Crippen LogP) is 1.69. The van der Waals surface area contributed by atoms with Gasteiger partial charge < -0.3 is 10.1 Å². The molecule has 0 aromatic rings. The Morgan fingerprint density at radius 1 is 1.50 bits per heavy atom. The van der Waals surface area contributed by atoms with Crippen LogP contribution in [0.2, 0.25) is 0 Å². The maximum atomic E-state index is 8.34. The molecule has 0 aromatic carbocycles. The lowest BCUT2D eigenvalue weighted by atomic mass is 10.0. The van der Waals surface area contributed by atoms with Crippen molar-refractivity contribution in [3.63, 3.8) is 0 Å². The van der Waals surface area contributed by atoms with E-state index >= 15 is 0 Å². The van der Waals surface area contributed by atoms with Gasteiger partial charge in [-0.25, -0.2) is 0 Å². The molecule has 1 saturated heterocycles. The van der Waals surface area contributed by atoms with Crippen molar-refractivity contribution in [1.82, 2.24) is 5.32 Å². The Balaban J connectivity index is 1.91. The van der Waals surface area contributed by atoms with Gasteiger partial charge in [0.2, 0.25) is 0 Å². The van der Waals surface area contributed by atoms with Crippen LogP contribution in [-0.4, -0.2) is 25.8 Å². The van der Waals surface area contributed by atoms with Gasteiger partial charge in [-0.1, -0.05) is 0 Å². The maximum absolute atomic E-state index is 8.34. The van der Waals surface area contributed by atoms with E-state index in [1.807, 2.05) is 0 Å². The van der Waals surface area contributed by atoms with Crippen molar-refractivity contribution in [1.29, 1.82) is 5.26 Å². The molecule has 2 unspecified atom stereocenters. The molecule has 1 N–H and O–H groups in total. The maximum Gasteiger partial charge on any atom is 0.0621 e. The zero-order valence-electron chi connectivity index (χ0n) is 8.96. The number of hydrogen-bond acceptors (Lipinski definition) is 3. The van der Waals surface area contributed by atoms with E-state index in [-0.39, 0.29) is 0 Å². The minimum Gasteiger partial charge on any atom is -0.378 e. The predicted molar refractivity (Wildman–Crippen MR) is 55.9 cm³/mol. The van der Waals surface area contributed by atoms with Crippen LogP contribution in [0.5, 0.6) is 0 Å².